The lowest BCUT2D eigenvalue weighted by Gasteiger charge is -2.39. The van der Waals surface area contributed by atoms with E-state index >= 15 is 0 Å². The van der Waals surface area contributed by atoms with E-state index in [1.165, 1.54) is 36.4 Å². The summed E-state index contributed by atoms with van der Waals surface area (Å²) < 4.78 is 29.1. The Kier molecular flexibility index (Phi) is 6.27. The molecule has 0 aromatic carbocycles. The van der Waals surface area contributed by atoms with Gasteiger partial charge in [0, 0.05) is 45.0 Å². The fourth-order valence-corrected chi connectivity index (χ4v) is 6.46. The van der Waals surface area contributed by atoms with Crippen LogP contribution in [0.25, 0.3) is 0 Å². The van der Waals surface area contributed by atoms with E-state index < -0.39 is 10.0 Å². The van der Waals surface area contributed by atoms with Gasteiger partial charge >= 0.3 is 0 Å². The van der Waals surface area contributed by atoms with E-state index in [9.17, 15) is 13.2 Å². The lowest BCUT2D eigenvalue weighted by molar-refractivity contribution is -0.138. The third kappa shape index (κ3) is 4.36. The van der Waals surface area contributed by atoms with Gasteiger partial charge in [-0.05, 0) is 58.5 Å². The minimum atomic E-state index is -3.60. The molecule has 4 rings (SSSR count). The lowest BCUT2D eigenvalue weighted by Crippen LogP contribution is -2.50. The summed E-state index contributed by atoms with van der Waals surface area (Å²) in [6.07, 6.45) is 9.14. The van der Waals surface area contributed by atoms with Crippen molar-refractivity contribution in [3.05, 3.63) is 12.4 Å². The number of piperidine rings is 2. The Morgan fingerprint density at radius 3 is 2.45 bits per heavy atom. The molecular weight excluding hydrogens is 390 g/mol. The van der Waals surface area contributed by atoms with Gasteiger partial charge in [0.2, 0.25) is 15.9 Å². The fraction of sp³-hybridized carbons (Fsp3) is 0.800. The van der Waals surface area contributed by atoms with Crippen LogP contribution in [-0.4, -0.2) is 83.5 Å². The molecule has 0 saturated carbocycles. The Morgan fingerprint density at radius 2 is 1.79 bits per heavy atom. The number of rotatable bonds is 5. The lowest BCUT2D eigenvalue weighted by atomic mass is 9.96. The highest BCUT2D eigenvalue weighted by Gasteiger charge is 2.37. The van der Waals surface area contributed by atoms with Crippen molar-refractivity contribution in [3.8, 4) is 0 Å². The molecule has 0 spiro atoms. The molecule has 0 N–H and O–H groups in total. The quantitative estimate of drug-likeness (QED) is 0.715. The van der Waals surface area contributed by atoms with E-state index in [-0.39, 0.29) is 23.3 Å². The van der Waals surface area contributed by atoms with Crippen molar-refractivity contribution in [2.75, 3.05) is 39.3 Å². The van der Waals surface area contributed by atoms with E-state index in [1.807, 2.05) is 11.8 Å². The average Bonchev–Trinajstić information content (AvgIpc) is 3.46. The second kappa shape index (κ2) is 8.73. The molecular formula is C20H33N5O3S. The molecule has 9 heteroatoms. The largest absolute Gasteiger partial charge is 0.342 e. The number of hydrogen-bond donors (Lipinski definition) is 0. The molecule has 3 saturated heterocycles. The summed E-state index contributed by atoms with van der Waals surface area (Å²) in [6.45, 7) is 7.30. The fourth-order valence-electron chi connectivity index (χ4n) is 4.98. The maximum atomic E-state index is 13.1. The SMILES string of the molecule is CCn1cc(S(=O)(=O)N2CCC[C@@H](C(=O)N3CCC(N4CCCC4)CC3)C2)cn1. The monoisotopic (exact) mass is 423 g/mol. The van der Waals surface area contributed by atoms with Gasteiger partial charge in [-0.2, -0.15) is 9.40 Å². The predicted molar refractivity (Wildman–Crippen MR) is 110 cm³/mol. The second-order valence-electron chi connectivity index (χ2n) is 8.53. The summed E-state index contributed by atoms with van der Waals surface area (Å²) in [5.74, 6) is -0.0999. The van der Waals surface area contributed by atoms with Gasteiger partial charge in [0.15, 0.2) is 0 Å². The summed E-state index contributed by atoms with van der Waals surface area (Å²) in [5.41, 5.74) is 0. The summed E-state index contributed by atoms with van der Waals surface area (Å²) in [6, 6.07) is 0.611. The first kappa shape index (κ1) is 20.8. The zero-order chi connectivity index (χ0) is 20.4. The summed E-state index contributed by atoms with van der Waals surface area (Å²) in [5, 5.41) is 4.09. The van der Waals surface area contributed by atoms with Gasteiger partial charge in [0.1, 0.15) is 4.90 Å². The molecule has 8 nitrogen and oxygen atoms in total. The number of amides is 1. The van der Waals surface area contributed by atoms with Crippen molar-refractivity contribution in [1.29, 1.82) is 0 Å². The van der Waals surface area contributed by atoms with Gasteiger partial charge in [-0.1, -0.05) is 0 Å². The predicted octanol–water partition coefficient (Wildman–Crippen LogP) is 1.39. The number of sulfonamides is 1. The van der Waals surface area contributed by atoms with E-state index in [2.05, 4.69) is 10.00 Å². The van der Waals surface area contributed by atoms with Crippen molar-refractivity contribution in [1.82, 2.24) is 23.9 Å². The summed E-state index contributed by atoms with van der Waals surface area (Å²) >= 11 is 0. The van der Waals surface area contributed by atoms with Crippen LogP contribution in [0.5, 0.6) is 0 Å². The van der Waals surface area contributed by atoms with Crippen molar-refractivity contribution < 1.29 is 13.2 Å². The molecule has 0 radical (unpaired) electrons. The highest BCUT2D eigenvalue weighted by atomic mass is 32.2. The molecule has 1 amide bonds. The van der Waals surface area contributed by atoms with Crippen LogP contribution in [-0.2, 0) is 21.4 Å². The average molecular weight is 424 g/mol. The zero-order valence-corrected chi connectivity index (χ0v) is 18.2. The van der Waals surface area contributed by atoms with E-state index in [0.717, 1.165) is 38.8 Å². The first-order valence-corrected chi connectivity index (χ1v) is 12.5. The third-order valence-corrected chi connectivity index (χ3v) is 8.56. The molecule has 29 heavy (non-hydrogen) atoms. The Balaban J connectivity index is 1.36. The van der Waals surface area contributed by atoms with Crippen molar-refractivity contribution >= 4 is 15.9 Å². The number of carbonyl (C=O) groups excluding carboxylic acids is 1. The number of aromatic nitrogens is 2. The Hall–Kier alpha value is -1.45. The van der Waals surface area contributed by atoms with E-state index in [0.29, 0.717) is 19.1 Å². The number of likely N-dealkylation sites (tertiary alicyclic amines) is 2. The minimum Gasteiger partial charge on any atom is -0.342 e. The summed E-state index contributed by atoms with van der Waals surface area (Å²) in [4.78, 5) is 17.9. The van der Waals surface area contributed by atoms with Gasteiger partial charge in [-0.3, -0.25) is 9.48 Å². The molecule has 1 atom stereocenters. The molecule has 162 valence electrons. The number of carbonyl (C=O) groups is 1. The molecule has 3 fully saturated rings. The van der Waals surface area contributed by atoms with Crippen molar-refractivity contribution in [2.45, 2.75) is 62.9 Å². The van der Waals surface area contributed by atoms with Crippen LogP contribution >= 0.6 is 0 Å². The van der Waals surface area contributed by atoms with Crippen LogP contribution in [0.3, 0.4) is 0 Å². The molecule has 3 aliphatic heterocycles. The minimum absolute atomic E-state index is 0.133. The normalized spacial score (nSPS) is 25.6. The van der Waals surface area contributed by atoms with Crippen LogP contribution in [0.4, 0.5) is 0 Å². The highest BCUT2D eigenvalue weighted by molar-refractivity contribution is 7.89. The van der Waals surface area contributed by atoms with Gasteiger partial charge in [-0.25, -0.2) is 8.42 Å². The number of hydrogen-bond acceptors (Lipinski definition) is 5. The first-order chi connectivity index (χ1) is 14.0. The van der Waals surface area contributed by atoms with Gasteiger partial charge in [0.05, 0.1) is 12.1 Å². The molecule has 4 heterocycles. The van der Waals surface area contributed by atoms with Gasteiger partial charge in [-0.15, -0.1) is 0 Å². The van der Waals surface area contributed by atoms with Gasteiger partial charge < -0.3 is 9.80 Å². The highest BCUT2D eigenvalue weighted by Crippen LogP contribution is 2.27. The van der Waals surface area contributed by atoms with Crippen molar-refractivity contribution in [3.63, 3.8) is 0 Å². The standard InChI is InChI=1S/C20H33N5O3S/c1-2-24-16-19(14-21-24)29(27,28)25-11-5-6-17(15-25)20(26)23-12-7-18(8-13-23)22-9-3-4-10-22/h14,16-18H,2-13,15H2,1H3/t17-/m1/s1. The molecule has 3 aliphatic rings. The maximum absolute atomic E-state index is 13.1. The van der Waals surface area contributed by atoms with E-state index in [1.54, 1.807) is 10.9 Å². The Morgan fingerprint density at radius 1 is 1.07 bits per heavy atom. The molecule has 1 aromatic heterocycles. The first-order valence-electron chi connectivity index (χ1n) is 11.0. The Bertz CT molecular complexity index is 810. The second-order valence-corrected chi connectivity index (χ2v) is 10.5. The van der Waals surface area contributed by atoms with Crippen LogP contribution < -0.4 is 0 Å². The Labute approximate surface area is 173 Å². The summed E-state index contributed by atoms with van der Waals surface area (Å²) in [7, 11) is -3.60. The number of nitrogens with zero attached hydrogens (tertiary/aromatic N) is 5. The molecule has 0 aliphatic carbocycles. The van der Waals surface area contributed by atoms with Crippen LogP contribution in [0.15, 0.2) is 17.3 Å². The number of aryl methyl sites for hydroxylation is 1. The smallest absolute Gasteiger partial charge is 0.246 e. The topological polar surface area (TPSA) is 78.8 Å². The van der Waals surface area contributed by atoms with Crippen LogP contribution in [0, 0.1) is 5.92 Å². The van der Waals surface area contributed by atoms with Crippen molar-refractivity contribution in [2.24, 2.45) is 5.92 Å². The van der Waals surface area contributed by atoms with Crippen LogP contribution in [0.1, 0.15) is 45.4 Å². The maximum Gasteiger partial charge on any atom is 0.246 e. The zero-order valence-electron chi connectivity index (χ0n) is 17.4. The third-order valence-electron chi connectivity index (χ3n) is 6.74. The molecule has 0 unspecified atom stereocenters. The van der Waals surface area contributed by atoms with Gasteiger partial charge in [0.25, 0.3) is 0 Å². The molecule has 0 bridgehead atoms. The van der Waals surface area contributed by atoms with Crippen LogP contribution in [0.2, 0.25) is 0 Å². The molecule has 1 aromatic rings. The van der Waals surface area contributed by atoms with E-state index in [4.69, 9.17) is 0 Å².